The number of hydrogen-bond acceptors (Lipinski definition) is 2. The van der Waals surface area contributed by atoms with E-state index in [1.54, 1.807) is 0 Å². The molecule has 2 rings (SSSR count). The maximum atomic E-state index is 10.1. The Hall–Kier alpha value is -0.780. The maximum Gasteiger partial charge on any atom is 0.0563 e. The second kappa shape index (κ2) is 7.72. The molecule has 2 aromatic carbocycles. The molecule has 0 aliphatic heterocycles. The van der Waals surface area contributed by atoms with Gasteiger partial charge in [0.15, 0.2) is 0 Å². The van der Waals surface area contributed by atoms with E-state index >= 15 is 0 Å². The van der Waals surface area contributed by atoms with Gasteiger partial charge in [0.2, 0.25) is 0 Å². The van der Waals surface area contributed by atoms with Gasteiger partial charge in [-0.05, 0) is 18.7 Å². The summed E-state index contributed by atoms with van der Waals surface area (Å²) in [5, 5.41) is 2.03. The maximum absolute atomic E-state index is 10.1. The van der Waals surface area contributed by atoms with Crippen LogP contribution in [0.4, 0.5) is 0 Å². The van der Waals surface area contributed by atoms with Crippen molar-refractivity contribution in [3.8, 4) is 0 Å². The molecule has 0 fully saturated rings. The second-order valence-electron chi connectivity index (χ2n) is 4.27. The first-order chi connectivity index (χ1) is 9.27. The molecule has 0 amide bonds. The molecule has 0 aliphatic carbocycles. The van der Waals surface area contributed by atoms with Crippen LogP contribution in [0.15, 0.2) is 60.7 Å². The van der Waals surface area contributed by atoms with Crippen LogP contribution in [0.1, 0.15) is 6.42 Å². The zero-order valence-electron chi connectivity index (χ0n) is 10.7. The van der Waals surface area contributed by atoms with E-state index in [1.165, 1.54) is 0 Å². The fraction of sp³-hybridized carbons (Fsp3) is 0.200. The summed E-state index contributed by atoms with van der Waals surface area (Å²) >= 11 is 0. The molecule has 0 radical (unpaired) electrons. The van der Waals surface area contributed by atoms with Crippen molar-refractivity contribution in [2.75, 3.05) is 12.3 Å². The van der Waals surface area contributed by atoms with Gasteiger partial charge in [0.1, 0.15) is 0 Å². The molecule has 2 atom stereocenters. The van der Waals surface area contributed by atoms with Crippen molar-refractivity contribution < 1.29 is 9.79 Å². The van der Waals surface area contributed by atoms with Crippen LogP contribution in [0.25, 0.3) is 0 Å². The van der Waals surface area contributed by atoms with E-state index in [1.807, 2.05) is 60.7 Å². The number of rotatable bonds is 6. The Labute approximate surface area is 116 Å². The molecular weight excluding hydrogens is 274 g/mol. The van der Waals surface area contributed by atoms with E-state index in [9.17, 15) is 9.79 Å². The molecule has 0 bridgehead atoms. The highest BCUT2D eigenvalue weighted by atomic mass is 31.1. The van der Waals surface area contributed by atoms with Gasteiger partial charge in [-0.2, -0.15) is 0 Å². The SMILES string of the molecule is OP(CCCP(O)c1ccccc1)c1ccccc1. The van der Waals surface area contributed by atoms with Gasteiger partial charge in [0, 0.05) is 10.6 Å². The van der Waals surface area contributed by atoms with Crippen molar-refractivity contribution in [1.29, 1.82) is 0 Å². The van der Waals surface area contributed by atoms with Crippen LogP contribution in [-0.4, -0.2) is 22.1 Å². The third-order valence-electron chi connectivity index (χ3n) is 2.85. The second-order valence-corrected chi connectivity index (χ2v) is 7.80. The summed E-state index contributed by atoms with van der Waals surface area (Å²) in [5.74, 6) is 0. The minimum atomic E-state index is -1.08. The Morgan fingerprint density at radius 2 is 1.00 bits per heavy atom. The predicted octanol–water partition coefficient (Wildman–Crippen LogP) is 2.81. The lowest BCUT2D eigenvalue weighted by Crippen LogP contribution is -2.06. The van der Waals surface area contributed by atoms with Crippen molar-refractivity contribution in [3.05, 3.63) is 60.7 Å². The van der Waals surface area contributed by atoms with Gasteiger partial charge in [0.25, 0.3) is 0 Å². The van der Waals surface area contributed by atoms with E-state index in [4.69, 9.17) is 0 Å². The highest BCUT2D eigenvalue weighted by Gasteiger charge is 2.10. The summed E-state index contributed by atoms with van der Waals surface area (Å²) < 4.78 is 0. The van der Waals surface area contributed by atoms with Gasteiger partial charge < -0.3 is 9.79 Å². The Morgan fingerprint density at radius 3 is 1.37 bits per heavy atom. The van der Waals surface area contributed by atoms with Gasteiger partial charge in [-0.15, -0.1) is 0 Å². The van der Waals surface area contributed by atoms with E-state index in [0.29, 0.717) is 0 Å². The van der Waals surface area contributed by atoms with E-state index in [-0.39, 0.29) is 0 Å². The Morgan fingerprint density at radius 1 is 0.632 bits per heavy atom. The molecule has 19 heavy (non-hydrogen) atoms. The lowest BCUT2D eigenvalue weighted by Gasteiger charge is -2.13. The third kappa shape index (κ3) is 4.67. The molecule has 0 aliphatic rings. The van der Waals surface area contributed by atoms with Crippen LogP contribution in [0.5, 0.6) is 0 Å². The Bertz CT molecular complexity index is 431. The first kappa shape index (κ1) is 14.6. The van der Waals surface area contributed by atoms with Crippen molar-refractivity contribution in [2.24, 2.45) is 0 Å². The van der Waals surface area contributed by atoms with E-state index in [0.717, 1.165) is 29.4 Å². The van der Waals surface area contributed by atoms with Crippen LogP contribution in [0.3, 0.4) is 0 Å². The van der Waals surface area contributed by atoms with Crippen LogP contribution >= 0.6 is 16.3 Å². The van der Waals surface area contributed by atoms with E-state index in [2.05, 4.69) is 0 Å². The highest BCUT2D eigenvalue weighted by Crippen LogP contribution is 2.34. The zero-order valence-corrected chi connectivity index (χ0v) is 12.5. The van der Waals surface area contributed by atoms with Crippen molar-refractivity contribution in [1.82, 2.24) is 0 Å². The number of hydrogen-bond donors (Lipinski definition) is 2. The van der Waals surface area contributed by atoms with Crippen LogP contribution < -0.4 is 10.6 Å². The fourth-order valence-corrected chi connectivity index (χ4v) is 4.54. The molecule has 0 heterocycles. The van der Waals surface area contributed by atoms with Gasteiger partial charge in [0.05, 0.1) is 16.3 Å². The Kier molecular flexibility index (Phi) is 5.94. The summed E-state index contributed by atoms with van der Waals surface area (Å²) in [7, 11) is -2.15. The monoisotopic (exact) mass is 292 g/mol. The van der Waals surface area contributed by atoms with Gasteiger partial charge >= 0.3 is 0 Å². The molecule has 2 N–H and O–H groups in total. The summed E-state index contributed by atoms with van der Waals surface area (Å²) in [6.45, 7) is 0. The number of benzene rings is 2. The lowest BCUT2D eigenvalue weighted by atomic mass is 10.4. The largest absolute Gasteiger partial charge is 0.369 e. The van der Waals surface area contributed by atoms with Crippen molar-refractivity contribution >= 4 is 26.9 Å². The minimum absolute atomic E-state index is 0.756. The first-order valence-corrected chi connectivity index (χ1v) is 9.26. The molecule has 0 spiro atoms. The molecule has 0 aromatic heterocycles. The average molecular weight is 292 g/mol. The van der Waals surface area contributed by atoms with Crippen molar-refractivity contribution in [3.63, 3.8) is 0 Å². The first-order valence-electron chi connectivity index (χ1n) is 6.30. The Balaban J connectivity index is 1.78. The molecule has 100 valence electrons. The molecular formula is C15H18O2P2. The zero-order chi connectivity index (χ0) is 13.5. The van der Waals surface area contributed by atoms with Gasteiger partial charge in [-0.25, -0.2) is 0 Å². The van der Waals surface area contributed by atoms with Crippen LogP contribution in [0.2, 0.25) is 0 Å². The fourth-order valence-electron chi connectivity index (χ4n) is 1.83. The topological polar surface area (TPSA) is 40.5 Å². The van der Waals surface area contributed by atoms with Crippen LogP contribution in [0, 0.1) is 0 Å². The summed E-state index contributed by atoms with van der Waals surface area (Å²) in [4.78, 5) is 20.2. The van der Waals surface area contributed by atoms with Gasteiger partial charge in [-0.3, -0.25) is 0 Å². The molecule has 4 heteroatoms. The highest BCUT2D eigenvalue weighted by molar-refractivity contribution is 7.60. The normalized spacial score (nSPS) is 14.0. The standard InChI is InChI=1S/C15H18O2P2/c16-18(14-8-3-1-4-9-14)12-7-13-19(17)15-10-5-2-6-11-15/h1-6,8-11,16-17H,7,12-13H2. The lowest BCUT2D eigenvalue weighted by molar-refractivity contribution is 0.625. The summed E-state index contributed by atoms with van der Waals surface area (Å²) in [6.07, 6.45) is 2.37. The summed E-state index contributed by atoms with van der Waals surface area (Å²) in [5.41, 5.74) is 0. The smallest absolute Gasteiger partial charge is 0.0563 e. The predicted molar refractivity (Wildman–Crippen MR) is 84.8 cm³/mol. The van der Waals surface area contributed by atoms with Gasteiger partial charge in [-0.1, -0.05) is 60.7 Å². The average Bonchev–Trinajstić information content (AvgIpc) is 2.49. The summed E-state index contributed by atoms with van der Waals surface area (Å²) in [6, 6.07) is 19.6. The van der Waals surface area contributed by atoms with E-state index < -0.39 is 16.3 Å². The quantitative estimate of drug-likeness (QED) is 0.804. The molecule has 0 saturated heterocycles. The molecule has 2 unspecified atom stereocenters. The van der Waals surface area contributed by atoms with Crippen molar-refractivity contribution in [2.45, 2.75) is 6.42 Å². The van der Waals surface area contributed by atoms with Crippen LogP contribution in [-0.2, 0) is 0 Å². The minimum Gasteiger partial charge on any atom is -0.369 e. The third-order valence-corrected chi connectivity index (χ3v) is 6.12. The molecule has 2 nitrogen and oxygen atoms in total. The molecule has 0 saturated carbocycles. The molecule has 2 aromatic rings.